The van der Waals surface area contributed by atoms with Gasteiger partial charge in [0.15, 0.2) is 12.2 Å². The lowest BCUT2D eigenvalue weighted by Gasteiger charge is -2.21. The zero-order valence-corrected chi connectivity index (χ0v) is 59.0. The number of carbonyl (C=O) groups is 4. The van der Waals surface area contributed by atoms with Gasteiger partial charge in [0.25, 0.3) is 0 Å². The minimum absolute atomic E-state index is 0.103. The first-order chi connectivity index (χ1) is 42.2. The topological polar surface area (TPSA) is 237 Å². The lowest BCUT2D eigenvalue weighted by molar-refractivity contribution is -0.161. The Balaban J connectivity index is 5.22. The van der Waals surface area contributed by atoms with Crippen LogP contribution in [0.4, 0.5) is 0 Å². The summed E-state index contributed by atoms with van der Waals surface area (Å²) in [4.78, 5) is 72.4. The lowest BCUT2D eigenvalue weighted by Crippen LogP contribution is -2.30. The van der Waals surface area contributed by atoms with Gasteiger partial charge in [-0.25, -0.2) is 9.13 Å². The van der Waals surface area contributed by atoms with Crippen molar-refractivity contribution in [2.75, 3.05) is 39.6 Å². The average molecular weight is 1300 g/mol. The van der Waals surface area contributed by atoms with Crippen LogP contribution in [0.3, 0.4) is 0 Å². The van der Waals surface area contributed by atoms with Crippen molar-refractivity contribution in [3.63, 3.8) is 0 Å². The van der Waals surface area contributed by atoms with Gasteiger partial charge in [-0.2, -0.15) is 0 Å². The molecule has 0 aliphatic rings. The number of ether oxygens (including phenoxy) is 4. The first-order valence-electron chi connectivity index (χ1n) is 35.8. The van der Waals surface area contributed by atoms with Gasteiger partial charge in [-0.1, -0.05) is 292 Å². The zero-order chi connectivity index (χ0) is 65.2. The van der Waals surface area contributed by atoms with Crippen LogP contribution in [0, 0.1) is 17.8 Å². The first kappa shape index (κ1) is 86.1. The van der Waals surface area contributed by atoms with E-state index >= 15 is 0 Å². The molecule has 5 atom stereocenters. The molecule has 0 aromatic heterocycles. The van der Waals surface area contributed by atoms with Gasteiger partial charge < -0.3 is 33.8 Å². The summed E-state index contributed by atoms with van der Waals surface area (Å²) in [5.41, 5.74) is 0. The fraction of sp³-hybridized carbons (Fsp3) is 0.942. The molecular weight excluding hydrogens is 1160 g/mol. The molecule has 0 saturated heterocycles. The van der Waals surface area contributed by atoms with Crippen LogP contribution in [0.25, 0.3) is 0 Å². The molecule has 0 bridgehead atoms. The van der Waals surface area contributed by atoms with Crippen molar-refractivity contribution in [1.82, 2.24) is 0 Å². The molecule has 0 aromatic carbocycles. The predicted octanol–water partition coefficient (Wildman–Crippen LogP) is 19.5. The summed E-state index contributed by atoms with van der Waals surface area (Å²) in [6, 6.07) is 0. The molecule has 0 rings (SSSR count). The molecular formula is C69H134O17P2. The summed E-state index contributed by atoms with van der Waals surface area (Å²) in [6.45, 7) is 11.8. The third-order valence-electron chi connectivity index (χ3n) is 15.9. The van der Waals surface area contributed by atoms with E-state index < -0.39 is 97.5 Å². The normalized spacial score (nSPS) is 14.2. The SMILES string of the molecule is CCCCCCCCCCC(=O)OC[C@H](COP(=O)(O)OC[C@H](O)COP(=O)(O)OC[C@@H](COC(=O)CCCCCCCCCCCCCCC(C)C)OC(=O)CCCCCCCCCCCCCCC(C)C)OC(=O)CCCCCCCCCC(C)C. The molecule has 88 heavy (non-hydrogen) atoms. The zero-order valence-electron chi connectivity index (χ0n) is 57.2. The van der Waals surface area contributed by atoms with Crippen LogP contribution in [-0.4, -0.2) is 96.7 Å². The number of hydrogen-bond donors (Lipinski definition) is 3. The second-order valence-electron chi connectivity index (χ2n) is 26.3. The molecule has 17 nitrogen and oxygen atoms in total. The smallest absolute Gasteiger partial charge is 0.462 e. The molecule has 0 heterocycles. The van der Waals surface area contributed by atoms with Crippen LogP contribution < -0.4 is 0 Å². The van der Waals surface area contributed by atoms with Gasteiger partial charge in [-0.3, -0.25) is 37.3 Å². The molecule has 0 aliphatic carbocycles. The van der Waals surface area contributed by atoms with Crippen molar-refractivity contribution in [3.05, 3.63) is 0 Å². The van der Waals surface area contributed by atoms with E-state index in [1.54, 1.807) is 0 Å². The molecule has 3 N–H and O–H groups in total. The molecule has 2 unspecified atom stereocenters. The third kappa shape index (κ3) is 62.8. The van der Waals surface area contributed by atoms with Crippen molar-refractivity contribution < 1.29 is 80.2 Å². The quantitative estimate of drug-likeness (QED) is 0.0222. The molecule has 0 radical (unpaired) electrons. The molecule has 0 spiro atoms. The van der Waals surface area contributed by atoms with Crippen molar-refractivity contribution in [2.24, 2.45) is 17.8 Å². The van der Waals surface area contributed by atoms with Gasteiger partial charge in [-0.05, 0) is 43.4 Å². The molecule has 522 valence electrons. The van der Waals surface area contributed by atoms with Gasteiger partial charge in [0, 0.05) is 25.7 Å². The summed E-state index contributed by atoms with van der Waals surface area (Å²) in [6.07, 6.45) is 43.2. The standard InChI is InChI=1S/C69H134O17P2/c1-8-9-10-11-12-29-36-43-50-66(71)79-56-65(86-69(74)53-46-39-32-25-28-35-42-49-62(6)7)59-84-88(77,78)82-55-63(70)54-81-87(75,76)83-58-64(85-68(73)52-45-38-31-24-20-16-14-18-22-27-34-41-48-61(4)5)57-80-67(72)51-44-37-30-23-19-15-13-17-21-26-33-40-47-60(2)3/h60-65,70H,8-59H2,1-7H3,(H,75,76)(H,77,78)/t63-,64-,65-/m1/s1. The number of aliphatic hydroxyl groups excluding tert-OH is 1. The highest BCUT2D eigenvalue weighted by atomic mass is 31.2. The Morgan fingerprint density at radius 1 is 0.307 bits per heavy atom. The molecule has 0 fully saturated rings. The van der Waals surface area contributed by atoms with Gasteiger partial charge >= 0.3 is 39.5 Å². The Morgan fingerprint density at radius 3 is 0.773 bits per heavy atom. The van der Waals surface area contributed by atoms with Crippen LogP contribution >= 0.6 is 15.6 Å². The first-order valence-corrected chi connectivity index (χ1v) is 38.8. The minimum Gasteiger partial charge on any atom is -0.462 e. The van der Waals surface area contributed by atoms with E-state index in [0.29, 0.717) is 31.6 Å². The van der Waals surface area contributed by atoms with Crippen molar-refractivity contribution in [1.29, 1.82) is 0 Å². The van der Waals surface area contributed by atoms with E-state index in [2.05, 4.69) is 48.5 Å². The highest BCUT2D eigenvalue weighted by molar-refractivity contribution is 7.47. The van der Waals surface area contributed by atoms with E-state index in [1.807, 2.05) is 0 Å². The largest absolute Gasteiger partial charge is 0.472 e. The van der Waals surface area contributed by atoms with Gasteiger partial charge in [0.1, 0.15) is 19.3 Å². The number of carbonyl (C=O) groups excluding carboxylic acids is 4. The third-order valence-corrected chi connectivity index (χ3v) is 17.8. The number of rotatable bonds is 67. The molecule has 0 aliphatic heterocycles. The van der Waals surface area contributed by atoms with Crippen molar-refractivity contribution in [3.8, 4) is 0 Å². The van der Waals surface area contributed by atoms with Gasteiger partial charge in [-0.15, -0.1) is 0 Å². The van der Waals surface area contributed by atoms with Crippen LogP contribution in [0.1, 0.15) is 344 Å². The van der Waals surface area contributed by atoms with E-state index in [4.69, 9.17) is 37.0 Å². The second-order valence-corrected chi connectivity index (χ2v) is 29.3. The summed E-state index contributed by atoms with van der Waals surface area (Å²) < 4.78 is 68.2. The van der Waals surface area contributed by atoms with Crippen LogP contribution in [-0.2, 0) is 65.4 Å². The molecule has 19 heteroatoms. The number of unbranched alkanes of at least 4 members (excludes halogenated alkanes) is 35. The minimum atomic E-state index is -4.95. The Kier molecular flexibility index (Phi) is 58.7. The maximum atomic E-state index is 13.0. The van der Waals surface area contributed by atoms with Crippen molar-refractivity contribution >= 4 is 39.5 Å². The van der Waals surface area contributed by atoms with E-state index in [9.17, 15) is 43.2 Å². The molecule has 0 saturated carbocycles. The number of hydrogen-bond acceptors (Lipinski definition) is 15. The average Bonchev–Trinajstić information content (AvgIpc) is 3.49. The number of phosphoric ester groups is 2. The maximum Gasteiger partial charge on any atom is 0.472 e. The molecule has 0 amide bonds. The van der Waals surface area contributed by atoms with E-state index in [1.165, 1.54) is 148 Å². The summed E-state index contributed by atoms with van der Waals surface area (Å²) in [5, 5.41) is 10.6. The summed E-state index contributed by atoms with van der Waals surface area (Å²) >= 11 is 0. The summed E-state index contributed by atoms with van der Waals surface area (Å²) in [5.74, 6) is 0.123. The Labute approximate surface area is 537 Å². The summed E-state index contributed by atoms with van der Waals surface area (Å²) in [7, 11) is -9.90. The van der Waals surface area contributed by atoms with E-state index in [0.717, 1.165) is 108 Å². The number of esters is 4. The Morgan fingerprint density at radius 2 is 0.523 bits per heavy atom. The fourth-order valence-corrected chi connectivity index (χ4v) is 11.9. The van der Waals surface area contributed by atoms with Crippen molar-refractivity contribution in [2.45, 2.75) is 362 Å². The fourth-order valence-electron chi connectivity index (χ4n) is 10.4. The molecule has 0 aromatic rings. The Bertz CT molecular complexity index is 1730. The van der Waals surface area contributed by atoms with Crippen LogP contribution in [0.2, 0.25) is 0 Å². The van der Waals surface area contributed by atoms with Gasteiger partial charge in [0.2, 0.25) is 0 Å². The number of aliphatic hydroxyl groups is 1. The predicted molar refractivity (Wildman–Crippen MR) is 354 cm³/mol. The highest BCUT2D eigenvalue weighted by Gasteiger charge is 2.30. The van der Waals surface area contributed by atoms with Crippen LogP contribution in [0.5, 0.6) is 0 Å². The second kappa shape index (κ2) is 60.0. The lowest BCUT2D eigenvalue weighted by atomic mass is 10.0. The van der Waals surface area contributed by atoms with E-state index in [-0.39, 0.29) is 25.7 Å². The Hall–Kier alpha value is -1.94. The monoisotopic (exact) mass is 1300 g/mol. The number of phosphoric acid groups is 2. The van der Waals surface area contributed by atoms with Crippen LogP contribution in [0.15, 0.2) is 0 Å². The highest BCUT2D eigenvalue weighted by Crippen LogP contribution is 2.45. The maximum absolute atomic E-state index is 13.0. The van der Waals surface area contributed by atoms with Gasteiger partial charge in [0.05, 0.1) is 26.4 Å².